The van der Waals surface area contributed by atoms with Crippen LogP contribution in [0.3, 0.4) is 0 Å². The molecule has 0 aromatic carbocycles. The maximum atomic E-state index is 9.54. The van der Waals surface area contributed by atoms with E-state index in [1.165, 1.54) is 0 Å². The van der Waals surface area contributed by atoms with Gasteiger partial charge in [0.1, 0.15) is 0 Å². The van der Waals surface area contributed by atoms with Gasteiger partial charge in [-0.1, -0.05) is 6.92 Å². The summed E-state index contributed by atoms with van der Waals surface area (Å²) in [4.78, 5) is 9.54. The zero-order valence-corrected chi connectivity index (χ0v) is 5.59. The molecule has 0 rings (SSSR count). The fourth-order valence-corrected chi connectivity index (χ4v) is 0.189. The van der Waals surface area contributed by atoms with Crippen LogP contribution in [0.1, 0.15) is 13.3 Å². The van der Waals surface area contributed by atoms with Gasteiger partial charge in [-0.3, -0.25) is 0 Å². The van der Waals surface area contributed by atoms with E-state index in [1.807, 2.05) is 6.92 Å². The minimum Gasteiger partial charge on any atom is -0.450 e. The topological polar surface area (TPSA) is 46.5 Å². The number of hydrogen-bond donors (Lipinski definition) is 1. The fraction of sp³-hybridized carbons (Fsp3) is 0.500. The Hall–Kier alpha value is -0.990. The van der Waals surface area contributed by atoms with E-state index in [0.29, 0.717) is 6.61 Å². The van der Waals surface area contributed by atoms with Crippen LogP contribution in [0.15, 0.2) is 13.2 Å². The van der Waals surface area contributed by atoms with Gasteiger partial charge in [0.2, 0.25) is 0 Å². The minimum absolute atomic E-state index is 0.301. The van der Waals surface area contributed by atoms with Gasteiger partial charge < -0.3 is 9.84 Å². The largest absolute Gasteiger partial charge is 0.505 e. The van der Waals surface area contributed by atoms with Gasteiger partial charge in [0.05, 0.1) is 6.61 Å². The predicted molar refractivity (Wildman–Crippen MR) is 35.5 cm³/mol. The van der Waals surface area contributed by atoms with Crippen molar-refractivity contribution in [2.24, 2.45) is 0 Å². The summed E-state index contributed by atoms with van der Waals surface area (Å²) in [7, 11) is 0. The van der Waals surface area contributed by atoms with E-state index in [4.69, 9.17) is 5.11 Å². The van der Waals surface area contributed by atoms with Crippen molar-refractivity contribution in [1.29, 1.82) is 0 Å². The van der Waals surface area contributed by atoms with Crippen molar-refractivity contribution in [2.75, 3.05) is 6.61 Å². The third-order valence-electron chi connectivity index (χ3n) is 0.430. The summed E-state index contributed by atoms with van der Waals surface area (Å²) in [6.07, 6.45) is -0.450. The van der Waals surface area contributed by atoms with Crippen molar-refractivity contribution in [3.8, 4) is 0 Å². The van der Waals surface area contributed by atoms with Gasteiger partial charge in [-0.15, -0.1) is 13.2 Å². The number of rotatable bonds is 2. The molecule has 9 heavy (non-hydrogen) atoms. The lowest BCUT2D eigenvalue weighted by Gasteiger charge is -1.91. The van der Waals surface area contributed by atoms with Crippen molar-refractivity contribution >= 4 is 6.16 Å². The Morgan fingerprint density at radius 2 is 2.11 bits per heavy atom. The normalized spacial score (nSPS) is 6.78. The first-order valence-electron chi connectivity index (χ1n) is 2.63. The van der Waals surface area contributed by atoms with Crippen molar-refractivity contribution in [3.05, 3.63) is 13.2 Å². The molecule has 0 fully saturated rings. The van der Waals surface area contributed by atoms with Crippen LogP contribution in [-0.2, 0) is 4.74 Å². The molecule has 0 heterocycles. The van der Waals surface area contributed by atoms with Gasteiger partial charge in [0, 0.05) is 0 Å². The summed E-state index contributed by atoms with van der Waals surface area (Å²) in [6.45, 7) is 8.15. The second-order valence-electron chi connectivity index (χ2n) is 1.11. The molecule has 0 aromatic rings. The highest BCUT2D eigenvalue weighted by Crippen LogP contribution is 1.78. The van der Waals surface area contributed by atoms with Gasteiger partial charge in [0.15, 0.2) is 0 Å². The van der Waals surface area contributed by atoms with Crippen LogP contribution in [0, 0.1) is 0 Å². The highest BCUT2D eigenvalue weighted by Gasteiger charge is 1.89. The van der Waals surface area contributed by atoms with Crippen LogP contribution in [0.25, 0.3) is 0 Å². The fourth-order valence-electron chi connectivity index (χ4n) is 0.189. The van der Waals surface area contributed by atoms with E-state index in [1.54, 1.807) is 0 Å². The molecule has 0 bridgehead atoms. The van der Waals surface area contributed by atoms with Crippen LogP contribution in [0.2, 0.25) is 0 Å². The second-order valence-corrected chi connectivity index (χ2v) is 1.11. The van der Waals surface area contributed by atoms with E-state index in [2.05, 4.69) is 17.9 Å². The van der Waals surface area contributed by atoms with E-state index in [-0.39, 0.29) is 0 Å². The van der Waals surface area contributed by atoms with Gasteiger partial charge in [-0.2, -0.15) is 0 Å². The average Bonchev–Trinajstić information content (AvgIpc) is 1.88. The van der Waals surface area contributed by atoms with E-state index in [0.717, 1.165) is 6.42 Å². The van der Waals surface area contributed by atoms with Crippen LogP contribution < -0.4 is 0 Å². The van der Waals surface area contributed by atoms with E-state index < -0.39 is 6.16 Å². The Morgan fingerprint density at radius 3 is 2.22 bits per heavy atom. The van der Waals surface area contributed by atoms with Crippen LogP contribution in [-0.4, -0.2) is 17.9 Å². The highest BCUT2D eigenvalue weighted by atomic mass is 16.7. The molecule has 0 unspecified atom stereocenters. The first kappa shape index (κ1) is 10.9. The Labute approximate surface area is 54.9 Å². The Kier molecular flexibility index (Phi) is 12.2. The first-order chi connectivity index (χ1) is 4.27. The second kappa shape index (κ2) is 10.1. The van der Waals surface area contributed by atoms with Gasteiger partial charge in [-0.05, 0) is 6.42 Å². The van der Waals surface area contributed by atoms with Crippen LogP contribution >= 0.6 is 0 Å². The summed E-state index contributed by atoms with van der Waals surface area (Å²) >= 11 is 0. The molecule has 0 amide bonds. The van der Waals surface area contributed by atoms with Crippen molar-refractivity contribution < 1.29 is 14.6 Å². The zero-order chi connectivity index (χ0) is 7.70. The first-order valence-corrected chi connectivity index (χ1v) is 2.63. The Morgan fingerprint density at radius 1 is 1.67 bits per heavy atom. The highest BCUT2D eigenvalue weighted by molar-refractivity contribution is 5.56. The van der Waals surface area contributed by atoms with Gasteiger partial charge in [0.25, 0.3) is 0 Å². The van der Waals surface area contributed by atoms with Crippen LogP contribution in [0.4, 0.5) is 4.79 Å². The molecular formula is C6H12O3. The third kappa shape index (κ3) is 19.4. The smallest absolute Gasteiger partial charge is 0.450 e. The molecule has 0 saturated carbocycles. The summed E-state index contributed by atoms with van der Waals surface area (Å²) in [5.74, 6) is 0. The van der Waals surface area contributed by atoms with Gasteiger partial charge in [-0.25, -0.2) is 4.79 Å². The predicted octanol–water partition coefficient (Wildman–Crippen LogP) is 1.89. The lowest BCUT2D eigenvalue weighted by Crippen LogP contribution is -1.99. The SMILES string of the molecule is C=C.CCCOC(=O)O. The third-order valence-corrected chi connectivity index (χ3v) is 0.430. The molecule has 0 aliphatic carbocycles. The number of ether oxygens (including phenoxy) is 1. The lowest BCUT2D eigenvalue weighted by atomic mass is 10.5. The molecule has 0 radical (unpaired) electrons. The molecule has 0 aliphatic rings. The zero-order valence-electron chi connectivity index (χ0n) is 5.59. The standard InChI is InChI=1S/C4H8O3.C2H4/c1-2-3-7-4(5)6;1-2/h2-3H2,1H3,(H,5,6);1-2H2. The number of carboxylic acid groups (broad SMARTS) is 1. The number of hydrogen-bond acceptors (Lipinski definition) is 2. The maximum Gasteiger partial charge on any atom is 0.505 e. The molecule has 0 saturated heterocycles. The summed E-state index contributed by atoms with van der Waals surface area (Å²) in [6, 6.07) is 0. The molecule has 0 atom stereocenters. The molecule has 54 valence electrons. The lowest BCUT2D eigenvalue weighted by molar-refractivity contribution is 0.0918. The van der Waals surface area contributed by atoms with Crippen molar-refractivity contribution in [3.63, 3.8) is 0 Å². The minimum atomic E-state index is -1.19. The molecule has 3 heteroatoms. The Bertz CT molecular complexity index is 70.7. The van der Waals surface area contributed by atoms with Crippen LogP contribution in [0.5, 0.6) is 0 Å². The van der Waals surface area contributed by atoms with Gasteiger partial charge >= 0.3 is 6.16 Å². The average molecular weight is 132 g/mol. The van der Waals surface area contributed by atoms with E-state index in [9.17, 15) is 4.79 Å². The number of carbonyl (C=O) groups is 1. The molecular weight excluding hydrogens is 120 g/mol. The molecule has 0 spiro atoms. The molecule has 0 aromatic heterocycles. The maximum absolute atomic E-state index is 9.54. The van der Waals surface area contributed by atoms with Crippen molar-refractivity contribution in [1.82, 2.24) is 0 Å². The quantitative estimate of drug-likeness (QED) is 0.461. The summed E-state index contributed by atoms with van der Waals surface area (Å²) in [5, 5.41) is 7.82. The Balaban J connectivity index is 0. The van der Waals surface area contributed by atoms with E-state index >= 15 is 0 Å². The summed E-state index contributed by atoms with van der Waals surface area (Å²) in [5.41, 5.74) is 0. The molecule has 3 nitrogen and oxygen atoms in total. The molecule has 0 aliphatic heterocycles. The monoisotopic (exact) mass is 132 g/mol. The summed E-state index contributed by atoms with van der Waals surface area (Å²) < 4.78 is 4.11. The molecule has 1 N–H and O–H groups in total. The van der Waals surface area contributed by atoms with Crippen molar-refractivity contribution in [2.45, 2.75) is 13.3 Å².